The van der Waals surface area contributed by atoms with Gasteiger partial charge in [0, 0.05) is 26.1 Å². The normalized spacial score (nSPS) is 19.9. The third kappa shape index (κ3) is 6.06. The van der Waals surface area contributed by atoms with Crippen molar-refractivity contribution in [2.75, 3.05) is 26.7 Å². The minimum absolute atomic E-state index is 0.00774. The Kier molecular flexibility index (Phi) is 7.84. The van der Waals surface area contributed by atoms with E-state index in [0.29, 0.717) is 31.8 Å². The quantitative estimate of drug-likeness (QED) is 0.686. The summed E-state index contributed by atoms with van der Waals surface area (Å²) < 4.78 is 0. The number of nitrogens with zero attached hydrogens (tertiary/aromatic N) is 2. The SMILES string of the molecule is CC(C)CCNC(=O)C1(C)CCC(=O)N1CCCN(C)Cc1ccccc1. The predicted octanol–water partition coefficient (Wildman–Crippen LogP) is 3.05. The number of hydrogen-bond acceptors (Lipinski definition) is 3. The molecule has 1 N–H and O–H groups in total. The molecule has 1 aromatic carbocycles. The van der Waals surface area contributed by atoms with E-state index in [1.807, 2.05) is 13.0 Å². The molecule has 5 heteroatoms. The molecule has 27 heavy (non-hydrogen) atoms. The summed E-state index contributed by atoms with van der Waals surface area (Å²) in [5.74, 6) is 0.647. The zero-order valence-electron chi connectivity index (χ0n) is 17.3. The van der Waals surface area contributed by atoms with Crippen molar-refractivity contribution in [2.45, 2.75) is 58.5 Å². The van der Waals surface area contributed by atoms with Crippen LogP contribution in [-0.4, -0.2) is 53.8 Å². The lowest BCUT2D eigenvalue weighted by molar-refractivity contribution is -0.140. The van der Waals surface area contributed by atoms with E-state index in [0.717, 1.165) is 25.9 Å². The molecule has 1 unspecified atom stereocenters. The maximum atomic E-state index is 12.7. The molecule has 5 nitrogen and oxygen atoms in total. The fourth-order valence-electron chi connectivity index (χ4n) is 3.64. The number of rotatable bonds is 10. The molecule has 150 valence electrons. The number of carbonyl (C=O) groups is 2. The van der Waals surface area contributed by atoms with Gasteiger partial charge in [0.1, 0.15) is 5.54 Å². The van der Waals surface area contributed by atoms with Gasteiger partial charge in [-0.15, -0.1) is 0 Å². The lowest BCUT2D eigenvalue weighted by atomic mass is 9.97. The maximum absolute atomic E-state index is 12.7. The van der Waals surface area contributed by atoms with E-state index in [1.54, 1.807) is 4.90 Å². The van der Waals surface area contributed by atoms with Crippen molar-refractivity contribution >= 4 is 11.8 Å². The molecule has 1 aliphatic rings. The van der Waals surface area contributed by atoms with Crippen molar-refractivity contribution in [3.8, 4) is 0 Å². The highest BCUT2D eigenvalue weighted by Crippen LogP contribution is 2.30. The summed E-state index contributed by atoms with van der Waals surface area (Å²) in [6.07, 6.45) is 2.90. The smallest absolute Gasteiger partial charge is 0.245 e. The van der Waals surface area contributed by atoms with Gasteiger partial charge in [-0.1, -0.05) is 44.2 Å². The van der Waals surface area contributed by atoms with Crippen LogP contribution in [0.3, 0.4) is 0 Å². The molecule has 2 rings (SSSR count). The minimum Gasteiger partial charge on any atom is -0.354 e. The largest absolute Gasteiger partial charge is 0.354 e. The number of hydrogen-bond donors (Lipinski definition) is 1. The van der Waals surface area contributed by atoms with E-state index in [4.69, 9.17) is 0 Å². The van der Waals surface area contributed by atoms with E-state index >= 15 is 0 Å². The Hall–Kier alpha value is -1.88. The third-order valence-corrected chi connectivity index (χ3v) is 5.44. The monoisotopic (exact) mass is 373 g/mol. The van der Waals surface area contributed by atoms with Crippen LogP contribution in [0.25, 0.3) is 0 Å². The zero-order chi connectivity index (χ0) is 19.9. The van der Waals surface area contributed by atoms with Crippen molar-refractivity contribution < 1.29 is 9.59 Å². The highest BCUT2D eigenvalue weighted by molar-refractivity contribution is 5.94. The van der Waals surface area contributed by atoms with Crippen molar-refractivity contribution in [1.29, 1.82) is 0 Å². The van der Waals surface area contributed by atoms with E-state index in [-0.39, 0.29) is 11.8 Å². The molecule has 1 aromatic rings. The van der Waals surface area contributed by atoms with Crippen molar-refractivity contribution in [3.63, 3.8) is 0 Å². The van der Waals surface area contributed by atoms with Gasteiger partial charge in [0.05, 0.1) is 0 Å². The second-order valence-corrected chi connectivity index (χ2v) is 8.33. The standard InChI is InChI=1S/C22H35N3O2/c1-18(2)12-14-23-21(27)22(3)13-11-20(26)25(22)16-8-15-24(4)17-19-9-6-5-7-10-19/h5-7,9-10,18H,8,11-17H2,1-4H3,(H,23,27). The van der Waals surface area contributed by atoms with Crippen LogP contribution in [0.2, 0.25) is 0 Å². The van der Waals surface area contributed by atoms with Gasteiger partial charge in [0.25, 0.3) is 0 Å². The molecule has 1 aliphatic heterocycles. The van der Waals surface area contributed by atoms with Gasteiger partial charge in [0.15, 0.2) is 0 Å². The highest BCUT2D eigenvalue weighted by atomic mass is 16.2. The van der Waals surface area contributed by atoms with E-state index in [1.165, 1.54) is 5.56 Å². The number of likely N-dealkylation sites (tertiary alicyclic amines) is 1. The first-order chi connectivity index (χ1) is 12.8. The summed E-state index contributed by atoms with van der Waals surface area (Å²) in [4.78, 5) is 29.2. The van der Waals surface area contributed by atoms with Gasteiger partial charge in [-0.05, 0) is 51.3 Å². The molecule has 1 heterocycles. The van der Waals surface area contributed by atoms with Crippen LogP contribution in [0.15, 0.2) is 30.3 Å². The summed E-state index contributed by atoms with van der Waals surface area (Å²) in [5, 5.41) is 3.04. The number of nitrogens with one attached hydrogen (secondary N) is 1. The number of carbonyl (C=O) groups excluding carboxylic acids is 2. The average Bonchev–Trinajstić information content (AvgIpc) is 2.92. The molecule has 1 fully saturated rings. The summed E-state index contributed by atoms with van der Waals surface area (Å²) in [5.41, 5.74) is 0.582. The van der Waals surface area contributed by atoms with Crippen LogP contribution >= 0.6 is 0 Å². The first kappa shape index (κ1) is 21.4. The van der Waals surface area contributed by atoms with E-state index in [9.17, 15) is 9.59 Å². The fraction of sp³-hybridized carbons (Fsp3) is 0.636. The van der Waals surface area contributed by atoms with E-state index in [2.05, 4.69) is 55.4 Å². The van der Waals surface area contributed by atoms with Crippen LogP contribution < -0.4 is 5.32 Å². The molecule has 2 amide bonds. The van der Waals surface area contributed by atoms with Gasteiger partial charge in [0.2, 0.25) is 11.8 Å². The molecular weight excluding hydrogens is 338 g/mol. The Balaban J connectivity index is 1.83. The van der Waals surface area contributed by atoms with Crippen molar-refractivity contribution in [2.24, 2.45) is 5.92 Å². The summed E-state index contributed by atoms with van der Waals surface area (Å²) >= 11 is 0. The average molecular weight is 374 g/mol. The minimum atomic E-state index is -0.702. The molecular formula is C22H35N3O2. The molecule has 0 spiro atoms. The van der Waals surface area contributed by atoms with Crippen LogP contribution in [0.4, 0.5) is 0 Å². The van der Waals surface area contributed by atoms with Crippen LogP contribution in [0.1, 0.15) is 52.0 Å². The second-order valence-electron chi connectivity index (χ2n) is 8.33. The van der Waals surface area contributed by atoms with Gasteiger partial charge in [-0.25, -0.2) is 0 Å². The van der Waals surface area contributed by atoms with Crippen LogP contribution in [-0.2, 0) is 16.1 Å². The summed E-state index contributed by atoms with van der Waals surface area (Å²) in [6.45, 7) is 9.29. The molecule has 1 saturated heterocycles. The summed E-state index contributed by atoms with van der Waals surface area (Å²) in [6, 6.07) is 10.4. The molecule has 0 aromatic heterocycles. The van der Waals surface area contributed by atoms with Gasteiger partial charge in [-0.3, -0.25) is 9.59 Å². The van der Waals surface area contributed by atoms with Gasteiger partial charge < -0.3 is 15.1 Å². The number of benzene rings is 1. The molecule has 0 saturated carbocycles. The highest BCUT2D eigenvalue weighted by Gasteiger charge is 2.46. The van der Waals surface area contributed by atoms with Crippen LogP contribution in [0, 0.1) is 5.92 Å². The fourth-order valence-corrected chi connectivity index (χ4v) is 3.64. The molecule has 0 bridgehead atoms. The maximum Gasteiger partial charge on any atom is 0.245 e. The van der Waals surface area contributed by atoms with E-state index < -0.39 is 5.54 Å². The summed E-state index contributed by atoms with van der Waals surface area (Å²) in [7, 11) is 2.09. The Bertz CT molecular complexity index is 617. The Morgan fingerprint density at radius 3 is 2.67 bits per heavy atom. The Morgan fingerprint density at radius 1 is 1.30 bits per heavy atom. The Labute approximate surface area is 164 Å². The topological polar surface area (TPSA) is 52.7 Å². The lowest BCUT2D eigenvalue weighted by Crippen LogP contribution is -2.55. The third-order valence-electron chi connectivity index (χ3n) is 5.44. The number of amides is 2. The van der Waals surface area contributed by atoms with Crippen LogP contribution in [0.5, 0.6) is 0 Å². The first-order valence-corrected chi connectivity index (χ1v) is 10.1. The van der Waals surface area contributed by atoms with Gasteiger partial charge >= 0.3 is 0 Å². The Morgan fingerprint density at radius 2 is 2.00 bits per heavy atom. The zero-order valence-corrected chi connectivity index (χ0v) is 17.3. The van der Waals surface area contributed by atoms with Crippen molar-refractivity contribution in [1.82, 2.24) is 15.1 Å². The van der Waals surface area contributed by atoms with Gasteiger partial charge in [-0.2, -0.15) is 0 Å². The first-order valence-electron chi connectivity index (χ1n) is 10.1. The van der Waals surface area contributed by atoms with Crippen molar-refractivity contribution in [3.05, 3.63) is 35.9 Å². The molecule has 1 atom stereocenters. The predicted molar refractivity (Wildman–Crippen MR) is 109 cm³/mol. The molecule has 0 radical (unpaired) electrons. The lowest BCUT2D eigenvalue weighted by Gasteiger charge is -2.34. The molecule has 0 aliphatic carbocycles. The second kappa shape index (κ2) is 9.88.